The molecule has 106 valence electrons. The molecule has 0 aliphatic heterocycles. The van der Waals surface area contributed by atoms with Crippen molar-refractivity contribution >= 4 is 27.6 Å². The summed E-state index contributed by atoms with van der Waals surface area (Å²) in [7, 11) is 0. The fraction of sp³-hybridized carbons (Fsp3) is 0.125. The molecule has 0 atom stereocenters. The summed E-state index contributed by atoms with van der Waals surface area (Å²) >= 11 is 1.08. The van der Waals surface area contributed by atoms with Gasteiger partial charge >= 0.3 is 10.9 Å². The van der Waals surface area contributed by atoms with Gasteiger partial charge in [-0.15, -0.1) is 0 Å². The van der Waals surface area contributed by atoms with Crippen LogP contribution in [0.2, 0.25) is 0 Å². The summed E-state index contributed by atoms with van der Waals surface area (Å²) in [4.78, 5) is 24.0. The lowest BCUT2D eigenvalue weighted by molar-refractivity contribution is 0.242. The molecule has 0 saturated heterocycles. The summed E-state index contributed by atoms with van der Waals surface area (Å²) in [6.07, 6.45) is 0. The Bertz CT molecular complexity index is 864. The van der Waals surface area contributed by atoms with E-state index >= 15 is 0 Å². The lowest BCUT2D eigenvalue weighted by Crippen LogP contribution is -2.33. The zero-order valence-electron chi connectivity index (χ0n) is 11.5. The second-order valence-electron chi connectivity index (χ2n) is 4.76. The molecule has 0 fully saturated rings. The van der Waals surface area contributed by atoms with Gasteiger partial charge in [-0.1, -0.05) is 47.7 Å². The van der Waals surface area contributed by atoms with Crippen molar-refractivity contribution in [3.05, 3.63) is 69.3 Å². The number of carbonyl (C=O) groups is 1. The van der Waals surface area contributed by atoms with Gasteiger partial charge in [-0.05, 0) is 30.2 Å². The number of nitrogens with one attached hydrogen (secondary N) is 1. The number of hydrogen-bond donors (Lipinski definition) is 1. The molecule has 2 aromatic carbocycles. The third-order valence-corrected chi connectivity index (χ3v) is 4.30. The number of benzene rings is 2. The first kappa shape index (κ1) is 13.6. The number of amides is 1. The highest BCUT2D eigenvalue weighted by Gasteiger charge is 2.13. The number of hydrogen-bond acceptors (Lipinski definition) is 3. The Labute approximate surface area is 125 Å². The van der Waals surface area contributed by atoms with Gasteiger partial charge in [0.1, 0.15) is 0 Å². The minimum atomic E-state index is -0.388. The van der Waals surface area contributed by atoms with Gasteiger partial charge in [0.2, 0.25) is 0 Å². The van der Waals surface area contributed by atoms with E-state index in [1.54, 1.807) is 6.07 Å². The Hall–Kier alpha value is -2.40. The molecule has 21 heavy (non-hydrogen) atoms. The Morgan fingerprint density at radius 2 is 1.86 bits per heavy atom. The van der Waals surface area contributed by atoms with Crippen LogP contribution in [0, 0.1) is 6.92 Å². The number of rotatable bonds is 2. The molecule has 1 heterocycles. The lowest BCUT2D eigenvalue weighted by Gasteiger charge is -2.08. The van der Waals surface area contributed by atoms with E-state index in [2.05, 4.69) is 5.32 Å². The van der Waals surface area contributed by atoms with Gasteiger partial charge in [-0.3, -0.25) is 4.79 Å². The van der Waals surface area contributed by atoms with Crippen molar-refractivity contribution in [3.63, 3.8) is 0 Å². The van der Waals surface area contributed by atoms with E-state index < -0.39 is 0 Å². The molecule has 5 heteroatoms. The first-order chi connectivity index (χ1) is 10.2. The summed E-state index contributed by atoms with van der Waals surface area (Å²) in [6, 6.07) is 14.7. The van der Waals surface area contributed by atoms with Crippen LogP contribution < -0.4 is 10.2 Å². The average molecular weight is 298 g/mol. The molecule has 4 nitrogen and oxygen atoms in total. The minimum absolute atomic E-state index is 0.265. The van der Waals surface area contributed by atoms with E-state index in [0.29, 0.717) is 12.1 Å². The number of aromatic nitrogens is 1. The molecule has 3 aromatic rings. The minimum Gasteiger partial charge on any atom is -0.333 e. The van der Waals surface area contributed by atoms with Crippen LogP contribution in [-0.2, 0) is 6.54 Å². The fourth-order valence-electron chi connectivity index (χ4n) is 2.22. The van der Waals surface area contributed by atoms with Gasteiger partial charge < -0.3 is 5.32 Å². The third-order valence-electron chi connectivity index (χ3n) is 3.38. The largest absolute Gasteiger partial charge is 0.333 e. The SMILES string of the molecule is Cc1ccccc1CNC(=O)n1c(=O)sc2ccccc21. The number of aryl methyl sites for hydroxylation is 1. The van der Waals surface area contributed by atoms with Crippen molar-refractivity contribution < 1.29 is 4.79 Å². The second kappa shape index (κ2) is 5.54. The summed E-state index contributed by atoms with van der Waals surface area (Å²) in [5.41, 5.74) is 2.80. The number of nitrogens with zero attached hydrogens (tertiary/aromatic N) is 1. The van der Waals surface area contributed by atoms with E-state index in [1.807, 2.05) is 49.4 Å². The standard InChI is InChI=1S/C16H14N2O2S/c1-11-6-2-3-7-12(11)10-17-15(19)18-13-8-4-5-9-14(13)21-16(18)20/h2-9H,10H2,1H3,(H,17,19). The molecule has 0 spiro atoms. The van der Waals surface area contributed by atoms with E-state index in [0.717, 1.165) is 27.2 Å². The first-order valence-electron chi connectivity index (χ1n) is 6.60. The molecule has 0 aliphatic rings. The van der Waals surface area contributed by atoms with E-state index in [1.165, 1.54) is 4.57 Å². The van der Waals surface area contributed by atoms with Crippen molar-refractivity contribution in [2.45, 2.75) is 13.5 Å². The molecule has 0 saturated carbocycles. The third kappa shape index (κ3) is 2.60. The number of para-hydroxylation sites is 1. The molecule has 0 radical (unpaired) electrons. The molecule has 0 unspecified atom stereocenters. The maximum Gasteiger partial charge on any atom is 0.329 e. The predicted molar refractivity (Wildman–Crippen MR) is 84.9 cm³/mol. The molecular weight excluding hydrogens is 284 g/mol. The van der Waals surface area contributed by atoms with Gasteiger partial charge in [-0.25, -0.2) is 9.36 Å². The molecule has 0 bridgehead atoms. The summed E-state index contributed by atoms with van der Waals surface area (Å²) in [6.45, 7) is 2.40. The van der Waals surface area contributed by atoms with Crippen LogP contribution in [0.15, 0.2) is 53.3 Å². The Kier molecular flexibility index (Phi) is 3.58. The van der Waals surface area contributed by atoms with Crippen LogP contribution in [0.25, 0.3) is 10.2 Å². The Balaban J connectivity index is 1.87. The van der Waals surface area contributed by atoms with Crippen LogP contribution in [0.1, 0.15) is 11.1 Å². The molecule has 1 amide bonds. The quantitative estimate of drug-likeness (QED) is 0.790. The maximum absolute atomic E-state index is 12.3. The molecule has 3 rings (SSSR count). The zero-order chi connectivity index (χ0) is 14.8. The number of carbonyl (C=O) groups excluding carboxylic acids is 1. The number of fused-ring (bicyclic) bond motifs is 1. The van der Waals surface area contributed by atoms with Crippen molar-refractivity contribution in [1.29, 1.82) is 0 Å². The van der Waals surface area contributed by atoms with E-state index in [9.17, 15) is 9.59 Å². The first-order valence-corrected chi connectivity index (χ1v) is 7.42. The molecular formula is C16H14N2O2S. The molecule has 1 aromatic heterocycles. The summed E-state index contributed by atoms with van der Waals surface area (Å²) in [5, 5.41) is 2.81. The van der Waals surface area contributed by atoms with Gasteiger partial charge in [0, 0.05) is 6.54 Å². The number of thiazole rings is 1. The van der Waals surface area contributed by atoms with Crippen LogP contribution >= 0.6 is 11.3 Å². The highest BCUT2D eigenvalue weighted by atomic mass is 32.1. The molecule has 1 N–H and O–H groups in total. The maximum atomic E-state index is 12.3. The Morgan fingerprint density at radius 3 is 2.67 bits per heavy atom. The van der Waals surface area contributed by atoms with Crippen molar-refractivity contribution in [2.75, 3.05) is 0 Å². The summed E-state index contributed by atoms with van der Waals surface area (Å²) in [5.74, 6) is 0. The van der Waals surface area contributed by atoms with Crippen LogP contribution in [-0.4, -0.2) is 10.6 Å². The second-order valence-corrected chi connectivity index (χ2v) is 5.75. The zero-order valence-corrected chi connectivity index (χ0v) is 12.3. The monoisotopic (exact) mass is 298 g/mol. The fourth-order valence-corrected chi connectivity index (χ4v) is 3.09. The van der Waals surface area contributed by atoms with Gasteiger partial charge in [0.25, 0.3) is 0 Å². The van der Waals surface area contributed by atoms with Crippen LogP contribution in [0.3, 0.4) is 0 Å². The average Bonchev–Trinajstić information content (AvgIpc) is 2.82. The van der Waals surface area contributed by atoms with Gasteiger partial charge in [0.05, 0.1) is 10.2 Å². The summed E-state index contributed by atoms with van der Waals surface area (Å²) < 4.78 is 2.01. The Morgan fingerprint density at radius 1 is 1.14 bits per heavy atom. The van der Waals surface area contributed by atoms with Gasteiger partial charge in [0.15, 0.2) is 0 Å². The van der Waals surface area contributed by atoms with Gasteiger partial charge in [-0.2, -0.15) is 0 Å². The molecule has 0 aliphatic carbocycles. The van der Waals surface area contributed by atoms with Crippen molar-refractivity contribution in [1.82, 2.24) is 9.88 Å². The van der Waals surface area contributed by atoms with E-state index in [-0.39, 0.29) is 10.9 Å². The highest BCUT2D eigenvalue weighted by molar-refractivity contribution is 7.16. The highest BCUT2D eigenvalue weighted by Crippen LogP contribution is 2.16. The van der Waals surface area contributed by atoms with Crippen molar-refractivity contribution in [3.8, 4) is 0 Å². The van der Waals surface area contributed by atoms with Crippen molar-refractivity contribution in [2.24, 2.45) is 0 Å². The smallest absolute Gasteiger partial charge is 0.329 e. The van der Waals surface area contributed by atoms with E-state index in [4.69, 9.17) is 0 Å². The topological polar surface area (TPSA) is 51.1 Å². The predicted octanol–water partition coefficient (Wildman–Crippen LogP) is 3.13. The van der Waals surface area contributed by atoms with Crippen LogP contribution in [0.5, 0.6) is 0 Å². The van der Waals surface area contributed by atoms with Crippen LogP contribution in [0.4, 0.5) is 4.79 Å². The normalized spacial score (nSPS) is 10.7. The lowest BCUT2D eigenvalue weighted by atomic mass is 10.1.